The second kappa shape index (κ2) is 11.0. The molecule has 40 heavy (non-hydrogen) atoms. The van der Waals surface area contributed by atoms with E-state index in [0.717, 1.165) is 30.4 Å². The van der Waals surface area contributed by atoms with Gasteiger partial charge in [-0.2, -0.15) is 4.98 Å². The molecule has 0 spiro atoms. The predicted octanol–water partition coefficient (Wildman–Crippen LogP) is 2.34. The van der Waals surface area contributed by atoms with Crippen molar-refractivity contribution in [3.63, 3.8) is 0 Å². The number of fused-ring (bicyclic) bond motifs is 2. The zero-order valence-electron chi connectivity index (χ0n) is 22.4. The average molecular weight is 541 g/mol. The number of benzene rings is 3. The van der Waals surface area contributed by atoms with Crippen LogP contribution in [-0.2, 0) is 20.1 Å². The number of anilines is 1. The maximum absolute atomic E-state index is 12.9. The van der Waals surface area contributed by atoms with Crippen LogP contribution < -0.4 is 20.9 Å². The number of aromatic amines is 1. The zero-order chi connectivity index (χ0) is 27.6. The van der Waals surface area contributed by atoms with E-state index in [9.17, 15) is 14.7 Å². The third-order valence-corrected chi connectivity index (χ3v) is 7.45. The fraction of sp³-hybridized carbons (Fsp3) is 0.300. The first-order valence-electron chi connectivity index (χ1n) is 13.5. The number of hydrogen-bond donors (Lipinski definition) is 2. The Kier molecular flexibility index (Phi) is 7.10. The Morgan fingerprint density at radius 3 is 2.45 bits per heavy atom. The molecule has 10 heteroatoms. The van der Waals surface area contributed by atoms with Crippen molar-refractivity contribution < 1.29 is 9.84 Å². The van der Waals surface area contributed by atoms with E-state index >= 15 is 0 Å². The van der Waals surface area contributed by atoms with E-state index in [2.05, 4.69) is 26.9 Å². The van der Waals surface area contributed by atoms with Crippen LogP contribution in [0.3, 0.4) is 0 Å². The van der Waals surface area contributed by atoms with Gasteiger partial charge in [0, 0.05) is 39.8 Å². The van der Waals surface area contributed by atoms with E-state index in [4.69, 9.17) is 9.72 Å². The van der Waals surface area contributed by atoms with Crippen LogP contribution in [-0.4, -0.2) is 68.0 Å². The Morgan fingerprint density at radius 2 is 1.68 bits per heavy atom. The second-order valence-electron chi connectivity index (χ2n) is 10.2. The van der Waals surface area contributed by atoms with Crippen molar-refractivity contribution in [1.82, 2.24) is 24.0 Å². The molecule has 3 heterocycles. The van der Waals surface area contributed by atoms with Crippen LogP contribution in [0.25, 0.3) is 21.9 Å². The molecule has 0 saturated carbocycles. The lowest BCUT2D eigenvalue weighted by Crippen LogP contribution is -2.47. The van der Waals surface area contributed by atoms with Gasteiger partial charge in [0.1, 0.15) is 18.5 Å². The summed E-state index contributed by atoms with van der Waals surface area (Å²) in [7, 11) is 1.58. The maximum Gasteiger partial charge on any atom is 0.329 e. The van der Waals surface area contributed by atoms with Crippen LogP contribution in [0, 0.1) is 0 Å². The highest BCUT2D eigenvalue weighted by molar-refractivity contribution is 5.83. The Morgan fingerprint density at radius 1 is 0.950 bits per heavy atom. The molecule has 1 saturated heterocycles. The summed E-state index contributed by atoms with van der Waals surface area (Å²) in [6.45, 7) is 4.03. The highest BCUT2D eigenvalue weighted by Crippen LogP contribution is 2.23. The number of aliphatic hydroxyl groups is 1. The molecule has 10 nitrogen and oxygen atoms in total. The Balaban J connectivity index is 1.22. The Labute approximate surface area is 230 Å². The standard InChI is InChI=1S/C30H32N6O4/c1-33-27-26(28(38)32-30(33)39)36(19-24(37)20-40-25-12-11-22-9-5-6-10-23(22)17-25)29(31-27)35-15-13-34(14-16-35)18-21-7-3-2-4-8-21/h2-12,17,24,37H,13-16,18-20H2,1H3,(H,32,38,39). The fourth-order valence-corrected chi connectivity index (χ4v) is 5.30. The summed E-state index contributed by atoms with van der Waals surface area (Å²) >= 11 is 0. The van der Waals surface area contributed by atoms with E-state index in [0.29, 0.717) is 24.8 Å². The van der Waals surface area contributed by atoms with Gasteiger partial charge in [0.25, 0.3) is 5.56 Å². The second-order valence-corrected chi connectivity index (χ2v) is 10.2. The SMILES string of the molecule is Cn1c(=O)[nH]c(=O)c2c1nc(N1CCN(Cc3ccccc3)CC1)n2CC(O)COc1ccc2ccccc2c1. The summed E-state index contributed by atoms with van der Waals surface area (Å²) in [5.41, 5.74) is 0.759. The molecule has 0 radical (unpaired) electrons. The fourth-order valence-electron chi connectivity index (χ4n) is 5.30. The Hall–Kier alpha value is -4.41. The van der Waals surface area contributed by atoms with Crippen LogP contribution in [0.15, 0.2) is 82.4 Å². The van der Waals surface area contributed by atoms with E-state index in [1.807, 2.05) is 60.7 Å². The van der Waals surface area contributed by atoms with Crippen LogP contribution >= 0.6 is 0 Å². The van der Waals surface area contributed by atoms with Gasteiger partial charge in [0.15, 0.2) is 11.2 Å². The minimum atomic E-state index is -0.918. The molecule has 1 aliphatic rings. The van der Waals surface area contributed by atoms with Gasteiger partial charge in [-0.1, -0.05) is 60.7 Å². The van der Waals surface area contributed by atoms with Gasteiger partial charge in [0.2, 0.25) is 5.95 Å². The number of hydrogen-bond acceptors (Lipinski definition) is 7. The first kappa shape index (κ1) is 25.8. The first-order valence-corrected chi connectivity index (χ1v) is 13.5. The number of H-pyrrole nitrogens is 1. The van der Waals surface area contributed by atoms with Crippen molar-refractivity contribution in [3.05, 3.63) is 99.2 Å². The third kappa shape index (κ3) is 5.23. The first-order chi connectivity index (χ1) is 19.5. The summed E-state index contributed by atoms with van der Waals surface area (Å²) in [6, 6.07) is 24.2. The predicted molar refractivity (Wildman–Crippen MR) is 155 cm³/mol. The van der Waals surface area contributed by atoms with Crippen molar-refractivity contribution in [2.24, 2.45) is 7.05 Å². The summed E-state index contributed by atoms with van der Waals surface area (Å²) in [5, 5.41) is 13.2. The van der Waals surface area contributed by atoms with Crippen molar-refractivity contribution in [2.75, 3.05) is 37.7 Å². The smallest absolute Gasteiger partial charge is 0.329 e. The zero-order valence-corrected chi connectivity index (χ0v) is 22.4. The lowest BCUT2D eigenvalue weighted by molar-refractivity contribution is 0.0936. The van der Waals surface area contributed by atoms with Crippen LogP contribution in [0.5, 0.6) is 5.75 Å². The number of piperazine rings is 1. The number of nitrogens with zero attached hydrogens (tertiary/aromatic N) is 5. The number of aryl methyl sites for hydroxylation is 1. The maximum atomic E-state index is 12.9. The van der Waals surface area contributed by atoms with Crippen molar-refractivity contribution in [2.45, 2.75) is 19.2 Å². The molecule has 0 amide bonds. The molecular formula is C30H32N6O4. The summed E-state index contributed by atoms with van der Waals surface area (Å²) < 4.78 is 8.97. The molecule has 6 rings (SSSR count). The highest BCUT2D eigenvalue weighted by atomic mass is 16.5. The van der Waals surface area contributed by atoms with E-state index in [1.165, 1.54) is 10.1 Å². The largest absolute Gasteiger partial charge is 0.491 e. The highest BCUT2D eigenvalue weighted by Gasteiger charge is 2.26. The lowest BCUT2D eigenvalue weighted by atomic mass is 10.1. The number of aromatic nitrogens is 4. The summed E-state index contributed by atoms with van der Waals surface area (Å²) in [5.74, 6) is 1.22. The quantitative estimate of drug-likeness (QED) is 0.311. The minimum Gasteiger partial charge on any atom is -0.491 e. The monoisotopic (exact) mass is 540 g/mol. The molecule has 1 unspecified atom stereocenters. The molecule has 0 aliphatic carbocycles. The molecule has 3 aromatic carbocycles. The lowest BCUT2D eigenvalue weighted by Gasteiger charge is -2.35. The minimum absolute atomic E-state index is 0.0337. The van der Waals surface area contributed by atoms with Gasteiger partial charge in [-0.25, -0.2) is 4.79 Å². The van der Waals surface area contributed by atoms with Crippen molar-refractivity contribution >= 4 is 27.9 Å². The molecule has 2 aromatic heterocycles. The van der Waals surface area contributed by atoms with Gasteiger partial charge >= 0.3 is 5.69 Å². The van der Waals surface area contributed by atoms with Gasteiger partial charge in [-0.15, -0.1) is 0 Å². The van der Waals surface area contributed by atoms with Gasteiger partial charge in [-0.3, -0.25) is 19.2 Å². The van der Waals surface area contributed by atoms with Crippen molar-refractivity contribution in [3.8, 4) is 5.75 Å². The molecule has 5 aromatic rings. The van der Waals surface area contributed by atoms with E-state index < -0.39 is 17.4 Å². The third-order valence-electron chi connectivity index (χ3n) is 7.45. The number of rotatable bonds is 8. The van der Waals surface area contributed by atoms with Crippen LogP contribution in [0.4, 0.5) is 5.95 Å². The summed E-state index contributed by atoms with van der Waals surface area (Å²) in [6.07, 6.45) is -0.918. The number of imidazole rings is 1. The van der Waals surface area contributed by atoms with Crippen LogP contribution in [0.1, 0.15) is 5.56 Å². The normalized spacial score (nSPS) is 15.1. The number of nitrogens with one attached hydrogen (secondary N) is 1. The molecule has 1 fully saturated rings. The number of aliphatic hydroxyl groups excluding tert-OH is 1. The van der Waals surface area contributed by atoms with Crippen LogP contribution in [0.2, 0.25) is 0 Å². The molecule has 1 atom stereocenters. The topological polar surface area (TPSA) is 109 Å². The van der Waals surface area contributed by atoms with E-state index in [-0.39, 0.29) is 24.3 Å². The molecule has 1 aliphatic heterocycles. The van der Waals surface area contributed by atoms with Gasteiger partial charge in [-0.05, 0) is 28.5 Å². The summed E-state index contributed by atoms with van der Waals surface area (Å²) in [4.78, 5) is 36.9. The molecular weight excluding hydrogens is 508 g/mol. The average Bonchev–Trinajstić information content (AvgIpc) is 3.35. The molecule has 0 bridgehead atoms. The van der Waals surface area contributed by atoms with Gasteiger partial charge < -0.3 is 19.3 Å². The number of ether oxygens (including phenoxy) is 1. The van der Waals surface area contributed by atoms with Gasteiger partial charge in [0.05, 0.1) is 6.54 Å². The van der Waals surface area contributed by atoms with E-state index in [1.54, 1.807) is 11.6 Å². The van der Waals surface area contributed by atoms with Crippen molar-refractivity contribution in [1.29, 1.82) is 0 Å². The Bertz CT molecular complexity index is 1750. The molecule has 2 N–H and O–H groups in total. The molecule has 206 valence electrons.